The van der Waals surface area contributed by atoms with E-state index in [0.717, 1.165) is 17.6 Å². The van der Waals surface area contributed by atoms with Crippen LogP contribution in [0.1, 0.15) is 92.9 Å². The van der Waals surface area contributed by atoms with Crippen LogP contribution in [0.4, 0.5) is 0 Å². The van der Waals surface area contributed by atoms with E-state index in [1.165, 1.54) is 0 Å². The van der Waals surface area contributed by atoms with E-state index >= 15 is 0 Å². The summed E-state index contributed by atoms with van der Waals surface area (Å²) in [7, 11) is 0. The number of rotatable bonds is 11. The van der Waals surface area contributed by atoms with Crippen molar-refractivity contribution in [2.75, 3.05) is 33.0 Å². The molecule has 384 valence electrons. The Hall–Kier alpha value is -1.28. The van der Waals surface area contributed by atoms with Gasteiger partial charge in [0.2, 0.25) is 0 Å². The molecule has 8 aliphatic rings. The SMILES string of the molecule is CC1OC(OC2CCC3(C)C(CCC4(C)C3C=CC3=C5CC(C)(COC6OC(CO)C(O)C(O)C6O)CCC5(CO)C(O)CC34C)C2(C)CO)C(O)C(OC2OC(CO)C(O)C(O)C2O)C1O. The summed E-state index contributed by atoms with van der Waals surface area (Å²) in [5, 5.41) is 140. The lowest BCUT2D eigenvalue weighted by Gasteiger charge is -2.70. The van der Waals surface area contributed by atoms with E-state index in [2.05, 4.69) is 39.8 Å². The van der Waals surface area contributed by atoms with Crippen LogP contribution in [0.15, 0.2) is 23.3 Å². The van der Waals surface area contributed by atoms with E-state index in [4.69, 9.17) is 28.4 Å². The Morgan fingerprint density at radius 3 is 1.87 bits per heavy atom. The number of aliphatic hydroxyl groups is 13. The van der Waals surface area contributed by atoms with Gasteiger partial charge in [-0.15, -0.1) is 0 Å². The molecule has 19 nitrogen and oxygen atoms in total. The highest BCUT2D eigenvalue weighted by molar-refractivity contribution is 5.47. The van der Waals surface area contributed by atoms with Gasteiger partial charge in [0, 0.05) is 16.2 Å². The van der Waals surface area contributed by atoms with Crippen LogP contribution in [0.3, 0.4) is 0 Å². The van der Waals surface area contributed by atoms with Gasteiger partial charge in [0.15, 0.2) is 18.9 Å². The van der Waals surface area contributed by atoms with Crippen LogP contribution < -0.4 is 0 Å². The van der Waals surface area contributed by atoms with Crippen LogP contribution in [-0.4, -0.2) is 204 Å². The Morgan fingerprint density at radius 2 is 1.25 bits per heavy atom. The van der Waals surface area contributed by atoms with Crippen molar-refractivity contribution in [2.45, 2.75) is 197 Å². The van der Waals surface area contributed by atoms with Crippen LogP contribution in [0.25, 0.3) is 0 Å². The molecule has 3 saturated heterocycles. The highest BCUT2D eigenvalue weighted by atomic mass is 16.7. The molecule has 19 heteroatoms. The largest absolute Gasteiger partial charge is 0.396 e. The summed E-state index contributed by atoms with van der Waals surface area (Å²) in [6.07, 6.45) is -14.3. The minimum atomic E-state index is -1.77. The second-order valence-corrected chi connectivity index (χ2v) is 22.9. The third-order valence-electron chi connectivity index (χ3n) is 19.2. The maximum atomic E-state index is 12.3. The number of hydrogen-bond donors (Lipinski definition) is 13. The van der Waals surface area contributed by atoms with E-state index in [0.29, 0.717) is 44.9 Å². The molecule has 0 amide bonds. The van der Waals surface area contributed by atoms with Crippen molar-refractivity contribution in [3.63, 3.8) is 0 Å². The predicted octanol–water partition coefficient (Wildman–Crippen LogP) is -1.52. The molecule has 0 aromatic carbocycles. The highest BCUT2D eigenvalue weighted by Gasteiger charge is 2.69. The van der Waals surface area contributed by atoms with Gasteiger partial charge < -0.3 is 94.8 Å². The average Bonchev–Trinajstić information content (AvgIpc) is 3.29. The second kappa shape index (κ2) is 18.6. The Balaban J connectivity index is 1.04. The summed E-state index contributed by atoms with van der Waals surface area (Å²) in [6.45, 7) is 10.8. The summed E-state index contributed by atoms with van der Waals surface area (Å²) in [5.74, 6) is -0.0990. The van der Waals surface area contributed by atoms with E-state index in [-0.39, 0.29) is 42.5 Å². The van der Waals surface area contributed by atoms with Gasteiger partial charge in [-0.25, -0.2) is 0 Å². The lowest BCUT2D eigenvalue weighted by Crippen LogP contribution is -2.67. The lowest BCUT2D eigenvalue weighted by atomic mass is 9.35. The molecule has 3 aliphatic heterocycles. The second-order valence-electron chi connectivity index (χ2n) is 22.9. The van der Waals surface area contributed by atoms with Crippen molar-refractivity contribution in [3.8, 4) is 0 Å². The van der Waals surface area contributed by atoms with Gasteiger partial charge in [-0.1, -0.05) is 52.3 Å². The molecule has 5 aliphatic carbocycles. The van der Waals surface area contributed by atoms with Crippen molar-refractivity contribution in [3.05, 3.63) is 23.3 Å². The summed E-state index contributed by atoms with van der Waals surface area (Å²) < 4.78 is 35.9. The average molecular weight is 959 g/mol. The van der Waals surface area contributed by atoms with E-state index in [9.17, 15) is 66.4 Å². The Bertz CT molecular complexity index is 1830. The standard InChI is InChI=1S/C48H78O19/c1-22-31(54)39(67-41-37(60)35(58)33(56)26(18-50)65-41)38(61)42(63-22)66-30-10-11-44(3)27(45(30,4)19-51)9-12-46(5)28(44)8-7-23-24-15-43(2,13-14-48(24,20-52)29(53)16-47(23,46)6)21-62-40-36(59)34(57)32(55)25(17-49)64-40/h7-8,22,25-42,49-61H,9-21H2,1-6H3. The summed E-state index contributed by atoms with van der Waals surface area (Å²) in [6, 6.07) is 0. The molecule has 67 heavy (non-hydrogen) atoms. The summed E-state index contributed by atoms with van der Waals surface area (Å²) >= 11 is 0. The molecule has 13 N–H and O–H groups in total. The molecule has 25 atom stereocenters. The van der Waals surface area contributed by atoms with Gasteiger partial charge in [0.05, 0.1) is 51.3 Å². The zero-order valence-electron chi connectivity index (χ0n) is 39.6. The first-order valence-electron chi connectivity index (χ1n) is 24.3. The number of ether oxygens (including phenoxy) is 6. The zero-order chi connectivity index (χ0) is 49.0. The fourth-order valence-electron chi connectivity index (χ4n) is 14.6. The minimum absolute atomic E-state index is 0.0127. The molecular weight excluding hydrogens is 881 g/mol. The minimum Gasteiger partial charge on any atom is -0.396 e. The molecule has 3 heterocycles. The fraction of sp³-hybridized carbons (Fsp3) is 0.917. The maximum absolute atomic E-state index is 12.3. The van der Waals surface area contributed by atoms with Crippen LogP contribution >= 0.6 is 0 Å². The summed E-state index contributed by atoms with van der Waals surface area (Å²) in [5.41, 5.74) is -1.49. The highest BCUT2D eigenvalue weighted by Crippen LogP contribution is 2.74. The van der Waals surface area contributed by atoms with Crippen LogP contribution in [-0.2, 0) is 28.4 Å². The Labute approximate surface area is 391 Å². The first-order valence-corrected chi connectivity index (χ1v) is 24.3. The topological polar surface area (TPSA) is 318 Å². The number of fused-ring (bicyclic) bond motifs is 6. The van der Waals surface area contributed by atoms with Crippen LogP contribution in [0.2, 0.25) is 0 Å². The summed E-state index contributed by atoms with van der Waals surface area (Å²) in [4.78, 5) is 0. The number of aliphatic hydroxyl groups excluding tert-OH is 13. The van der Waals surface area contributed by atoms with Crippen LogP contribution in [0, 0.1) is 44.3 Å². The van der Waals surface area contributed by atoms with Gasteiger partial charge in [0.1, 0.15) is 67.1 Å². The van der Waals surface area contributed by atoms with Gasteiger partial charge in [-0.05, 0) is 91.9 Å². The van der Waals surface area contributed by atoms with Gasteiger partial charge in [0.25, 0.3) is 0 Å². The van der Waals surface area contributed by atoms with E-state index in [1.807, 2.05) is 6.92 Å². The Kier molecular flexibility index (Phi) is 14.5. The third kappa shape index (κ3) is 8.06. The van der Waals surface area contributed by atoms with E-state index in [1.54, 1.807) is 6.92 Å². The molecular formula is C48H78O19. The van der Waals surface area contributed by atoms with Gasteiger partial charge >= 0.3 is 0 Å². The van der Waals surface area contributed by atoms with E-state index < -0.39 is 139 Å². The quantitative estimate of drug-likeness (QED) is 0.105. The normalized spacial score (nSPS) is 55.6. The maximum Gasteiger partial charge on any atom is 0.187 e. The van der Waals surface area contributed by atoms with Crippen molar-refractivity contribution in [1.82, 2.24) is 0 Å². The molecule has 0 radical (unpaired) electrons. The molecule has 0 aromatic heterocycles. The monoisotopic (exact) mass is 959 g/mol. The van der Waals surface area contributed by atoms with Gasteiger partial charge in [-0.2, -0.15) is 0 Å². The fourth-order valence-corrected chi connectivity index (χ4v) is 14.6. The first-order chi connectivity index (χ1) is 31.4. The predicted molar refractivity (Wildman–Crippen MR) is 233 cm³/mol. The molecule has 6 fully saturated rings. The van der Waals surface area contributed by atoms with Crippen molar-refractivity contribution in [1.29, 1.82) is 0 Å². The number of allylic oxidation sites excluding steroid dienone is 3. The third-order valence-corrected chi connectivity index (χ3v) is 19.2. The molecule has 3 saturated carbocycles. The molecule has 0 bridgehead atoms. The first kappa shape index (κ1) is 52.1. The molecule has 0 spiro atoms. The Morgan fingerprint density at radius 1 is 0.642 bits per heavy atom. The smallest absolute Gasteiger partial charge is 0.187 e. The van der Waals surface area contributed by atoms with Crippen molar-refractivity contribution < 1.29 is 94.8 Å². The molecule has 25 unspecified atom stereocenters. The lowest BCUT2D eigenvalue weighted by molar-refractivity contribution is -0.367. The number of hydrogen-bond acceptors (Lipinski definition) is 19. The zero-order valence-corrected chi connectivity index (χ0v) is 39.6. The molecule has 8 rings (SSSR count). The van der Waals surface area contributed by atoms with Crippen LogP contribution in [0.5, 0.6) is 0 Å². The molecule has 0 aromatic rings. The van der Waals surface area contributed by atoms with Gasteiger partial charge in [-0.3, -0.25) is 0 Å². The van der Waals surface area contributed by atoms with Crippen molar-refractivity contribution >= 4 is 0 Å². The van der Waals surface area contributed by atoms with Crippen molar-refractivity contribution in [2.24, 2.45) is 44.3 Å².